The average Bonchev–Trinajstić information content (AvgIpc) is 3.15. The van der Waals surface area contributed by atoms with E-state index >= 15 is 0 Å². The van der Waals surface area contributed by atoms with Crippen LogP contribution in [0.1, 0.15) is 37.6 Å². The van der Waals surface area contributed by atoms with Crippen LogP contribution in [0, 0.1) is 0 Å². The van der Waals surface area contributed by atoms with Gasteiger partial charge in [-0.25, -0.2) is 14.3 Å². The van der Waals surface area contributed by atoms with Gasteiger partial charge in [0.05, 0.1) is 0 Å². The van der Waals surface area contributed by atoms with Gasteiger partial charge in [-0.1, -0.05) is 18.2 Å². The van der Waals surface area contributed by atoms with Crippen molar-refractivity contribution in [2.45, 2.75) is 58.2 Å². The fraction of sp³-hybridized carbons (Fsp3) is 0.526. The summed E-state index contributed by atoms with van der Waals surface area (Å²) in [5, 5.41) is 7.41. The van der Waals surface area contributed by atoms with Gasteiger partial charge >= 0.3 is 11.7 Å². The topological polar surface area (TPSA) is 72.2 Å². The van der Waals surface area contributed by atoms with Gasteiger partial charge in [-0.05, 0) is 44.2 Å². The fourth-order valence-corrected chi connectivity index (χ4v) is 3.98. The fourth-order valence-electron chi connectivity index (χ4n) is 3.98. The molecule has 1 atom stereocenters. The van der Waals surface area contributed by atoms with Crippen molar-refractivity contribution in [1.82, 2.24) is 19.7 Å². The number of amides is 2. The van der Waals surface area contributed by atoms with Crippen molar-refractivity contribution in [1.29, 1.82) is 0 Å². The Morgan fingerprint density at radius 3 is 3.00 bits per heavy atom. The molecule has 1 aromatic heterocycles. The Morgan fingerprint density at radius 1 is 1.31 bits per heavy atom. The molecule has 2 aromatic rings. The minimum Gasteiger partial charge on any atom is -0.338 e. The molecule has 0 saturated heterocycles. The molecule has 2 aliphatic heterocycles. The molecule has 0 aliphatic carbocycles. The van der Waals surface area contributed by atoms with Crippen molar-refractivity contribution in [2.75, 3.05) is 11.4 Å². The van der Waals surface area contributed by atoms with E-state index in [0.29, 0.717) is 19.5 Å². The lowest BCUT2D eigenvalue weighted by atomic mass is 10.1. The highest BCUT2D eigenvalue weighted by Crippen LogP contribution is 2.31. The predicted octanol–water partition coefficient (Wildman–Crippen LogP) is 1.93. The number of carbonyl (C=O) groups excluding carboxylic acids is 1. The summed E-state index contributed by atoms with van der Waals surface area (Å²) in [6.45, 7) is 3.90. The number of fused-ring (bicyclic) bond motifs is 2. The van der Waals surface area contributed by atoms with E-state index < -0.39 is 0 Å². The third-order valence-corrected chi connectivity index (χ3v) is 5.28. The lowest BCUT2D eigenvalue weighted by molar-refractivity contribution is 0.244. The van der Waals surface area contributed by atoms with Crippen molar-refractivity contribution >= 4 is 11.7 Å². The van der Waals surface area contributed by atoms with Crippen LogP contribution in [0.25, 0.3) is 0 Å². The van der Waals surface area contributed by atoms with E-state index in [4.69, 9.17) is 0 Å². The van der Waals surface area contributed by atoms with Gasteiger partial charge in [0.15, 0.2) is 0 Å². The van der Waals surface area contributed by atoms with E-state index in [0.717, 1.165) is 43.7 Å². The Hall–Kier alpha value is -2.57. The monoisotopic (exact) mass is 355 g/mol. The van der Waals surface area contributed by atoms with Gasteiger partial charge in [0, 0.05) is 37.8 Å². The van der Waals surface area contributed by atoms with Gasteiger partial charge in [0.2, 0.25) is 0 Å². The number of hydrogen-bond acceptors (Lipinski definition) is 3. The SMILES string of the molecule is CC1Cc2ccccc2N1C(=O)NCCCn1nc2n(c1=O)CCCC2. The molecule has 3 heterocycles. The lowest BCUT2D eigenvalue weighted by Crippen LogP contribution is -2.43. The normalized spacial score (nSPS) is 18.5. The maximum absolute atomic E-state index is 12.6. The molecule has 2 aliphatic rings. The largest absolute Gasteiger partial charge is 0.345 e. The summed E-state index contributed by atoms with van der Waals surface area (Å²) < 4.78 is 3.32. The van der Waals surface area contributed by atoms with Gasteiger partial charge in [-0.15, -0.1) is 0 Å². The molecule has 7 heteroatoms. The Morgan fingerprint density at radius 2 is 2.15 bits per heavy atom. The van der Waals surface area contributed by atoms with Crippen molar-refractivity contribution in [3.05, 3.63) is 46.1 Å². The quantitative estimate of drug-likeness (QED) is 0.852. The van der Waals surface area contributed by atoms with Crippen molar-refractivity contribution in [3.8, 4) is 0 Å². The first-order valence-electron chi connectivity index (χ1n) is 9.46. The van der Waals surface area contributed by atoms with Gasteiger partial charge in [0.1, 0.15) is 5.82 Å². The van der Waals surface area contributed by atoms with E-state index in [1.54, 1.807) is 9.25 Å². The molecule has 4 rings (SSSR count). The number of nitrogens with one attached hydrogen (secondary N) is 1. The van der Waals surface area contributed by atoms with Crippen LogP contribution < -0.4 is 15.9 Å². The maximum atomic E-state index is 12.6. The predicted molar refractivity (Wildman–Crippen MR) is 99.5 cm³/mol. The Kier molecular flexibility index (Phi) is 4.53. The molecular weight excluding hydrogens is 330 g/mol. The van der Waals surface area contributed by atoms with Crippen LogP contribution in [0.5, 0.6) is 0 Å². The number of anilines is 1. The second kappa shape index (κ2) is 6.97. The second-order valence-electron chi connectivity index (χ2n) is 7.17. The number of benzene rings is 1. The zero-order chi connectivity index (χ0) is 18.1. The molecule has 2 amide bonds. The van der Waals surface area contributed by atoms with Gasteiger partial charge in [0.25, 0.3) is 0 Å². The number of para-hydroxylation sites is 1. The van der Waals surface area contributed by atoms with Crippen LogP contribution in [0.4, 0.5) is 10.5 Å². The lowest BCUT2D eigenvalue weighted by Gasteiger charge is -2.23. The smallest absolute Gasteiger partial charge is 0.338 e. The van der Waals surface area contributed by atoms with Gasteiger partial charge in [-0.3, -0.25) is 9.47 Å². The highest BCUT2D eigenvalue weighted by atomic mass is 16.2. The van der Waals surface area contributed by atoms with Crippen molar-refractivity contribution < 1.29 is 4.79 Å². The highest BCUT2D eigenvalue weighted by molar-refractivity contribution is 5.94. The van der Waals surface area contributed by atoms with Crippen LogP contribution in [0.3, 0.4) is 0 Å². The van der Waals surface area contributed by atoms with Gasteiger partial charge < -0.3 is 5.32 Å². The van der Waals surface area contributed by atoms with E-state index in [1.165, 1.54) is 5.56 Å². The minimum absolute atomic E-state index is 0.0203. The molecule has 1 N–H and O–H groups in total. The molecule has 0 radical (unpaired) electrons. The summed E-state index contributed by atoms with van der Waals surface area (Å²) in [5.41, 5.74) is 2.19. The maximum Gasteiger partial charge on any atom is 0.345 e. The second-order valence-corrected chi connectivity index (χ2v) is 7.17. The Balaban J connectivity index is 1.32. The summed E-state index contributed by atoms with van der Waals surface area (Å²) in [6.07, 6.45) is 4.60. The summed E-state index contributed by atoms with van der Waals surface area (Å²) in [6, 6.07) is 8.13. The first-order valence-corrected chi connectivity index (χ1v) is 9.46. The zero-order valence-corrected chi connectivity index (χ0v) is 15.1. The van der Waals surface area contributed by atoms with E-state index in [9.17, 15) is 9.59 Å². The molecule has 7 nitrogen and oxygen atoms in total. The molecule has 26 heavy (non-hydrogen) atoms. The molecule has 1 unspecified atom stereocenters. The first kappa shape index (κ1) is 16.9. The van der Waals surface area contributed by atoms with Gasteiger partial charge in [-0.2, -0.15) is 5.10 Å². The minimum atomic E-state index is -0.0704. The average molecular weight is 355 g/mol. The van der Waals surface area contributed by atoms with Crippen LogP contribution >= 0.6 is 0 Å². The summed E-state index contributed by atoms with van der Waals surface area (Å²) >= 11 is 0. The highest BCUT2D eigenvalue weighted by Gasteiger charge is 2.30. The molecule has 0 spiro atoms. The van der Waals surface area contributed by atoms with Crippen LogP contribution in [0.2, 0.25) is 0 Å². The number of urea groups is 1. The van der Waals surface area contributed by atoms with Crippen LogP contribution in [0.15, 0.2) is 29.1 Å². The molecule has 1 aromatic carbocycles. The van der Waals surface area contributed by atoms with E-state index in [1.807, 2.05) is 23.1 Å². The molecule has 0 fully saturated rings. The number of hydrogen-bond donors (Lipinski definition) is 1. The number of carbonyl (C=O) groups is 1. The van der Waals surface area contributed by atoms with Crippen molar-refractivity contribution in [3.63, 3.8) is 0 Å². The van der Waals surface area contributed by atoms with E-state index in [-0.39, 0.29) is 17.8 Å². The Bertz CT molecular complexity index is 869. The molecular formula is C19H25N5O2. The van der Waals surface area contributed by atoms with Crippen molar-refractivity contribution in [2.24, 2.45) is 0 Å². The number of aryl methyl sites for hydroxylation is 2. The first-order chi connectivity index (χ1) is 12.6. The summed E-state index contributed by atoms with van der Waals surface area (Å²) in [4.78, 5) is 26.7. The Labute approximate surface area is 152 Å². The number of rotatable bonds is 4. The number of aromatic nitrogens is 3. The standard InChI is InChI=1S/C19H25N5O2/c1-14-13-15-7-2-3-8-16(15)24(14)18(25)20-10-6-12-23-19(26)22-11-5-4-9-17(22)21-23/h2-3,7-8,14H,4-6,9-13H2,1H3,(H,20,25). The third-order valence-electron chi connectivity index (χ3n) is 5.28. The molecule has 138 valence electrons. The third kappa shape index (κ3) is 3.02. The van der Waals surface area contributed by atoms with Crippen LogP contribution in [-0.2, 0) is 25.9 Å². The molecule has 0 saturated carbocycles. The zero-order valence-electron chi connectivity index (χ0n) is 15.1. The number of nitrogens with zero attached hydrogens (tertiary/aromatic N) is 4. The summed E-state index contributed by atoms with van der Waals surface area (Å²) in [7, 11) is 0. The molecule has 0 bridgehead atoms. The summed E-state index contributed by atoms with van der Waals surface area (Å²) in [5.74, 6) is 0.896. The van der Waals surface area contributed by atoms with Crippen LogP contribution in [-0.4, -0.2) is 33.0 Å². The van der Waals surface area contributed by atoms with E-state index in [2.05, 4.69) is 23.4 Å².